The van der Waals surface area contributed by atoms with Gasteiger partial charge in [-0.25, -0.2) is 0 Å². The normalized spacial score (nSPS) is 11.5. The van der Waals surface area contributed by atoms with Crippen LogP contribution in [0.5, 0.6) is 0 Å². The van der Waals surface area contributed by atoms with Crippen molar-refractivity contribution in [1.29, 1.82) is 0 Å². The molecule has 0 spiro atoms. The monoisotopic (exact) mass is 312 g/mol. The van der Waals surface area contributed by atoms with Gasteiger partial charge in [0.2, 0.25) is 5.91 Å². The first-order chi connectivity index (χ1) is 9.67. The number of amides is 1. The fraction of sp³-hybridized carbons (Fsp3) is 0.588. The molecule has 0 bridgehead atoms. The fourth-order valence-electron chi connectivity index (χ4n) is 2.40. The van der Waals surface area contributed by atoms with E-state index >= 15 is 0 Å². The van der Waals surface area contributed by atoms with E-state index in [1.807, 2.05) is 24.3 Å². The number of aryl methyl sites for hydroxylation is 1. The van der Waals surface area contributed by atoms with Gasteiger partial charge in [-0.05, 0) is 30.9 Å². The van der Waals surface area contributed by atoms with Crippen LogP contribution in [0, 0.1) is 0 Å². The molecule has 0 radical (unpaired) electrons. The fourth-order valence-corrected chi connectivity index (χ4v) is 2.40. The van der Waals surface area contributed by atoms with Crippen LogP contribution in [0.3, 0.4) is 0 Å². The van der Waals surface area contributed by atoms with Gasteiger partial charge in [0.1, 0.15) is 0 Å². The number of halogens is 1. The summed E-state index contributed by atoms with van der Waals surface area (Å²) >= 11 is 0. The summed E-state index contributed by atoms with van der Waals surface area (Å²) in [7, 11) is 0. The SMILES string of the molecule is CCCCC(CCC)NC(=O)CCc1ccccc1N.Cl. The second-order valence-electron chi connectivity index (χ2n) is 5.39. The van der Waals surface area contributed by atoms with Crippen molar-refractivity contribution in [3.8, 4) is 0 Å². The molecule has 0 aliphatic rings. The van der Waals surface area contributed by atoms with Crippen molar-refractivity contribution >= 4 is 24.0 Å². The van der Waals surface area contributed by atoms with Crippen LogP contribution >= 0.6 is 12.4 Å². The number of unbranched alkanes of at least 4 members (excludes halogenated alkanes) is 1. The van der Waals surface area contributed by atoms with Gasteiger partial charge in [0, 0.05) is 18.2 Å². The van der Waals surface area contributed by atoms with Crippen molar-refractivity contribution in [1.82, 2.24) is 5.32 Å². The van der Waals surface area contributed by atoms with Crippen LogP contribution in [-0.2, 0) is 11.2 Å². The molecule has 0 saturated heterocycles. The molecule has 1 amide bonds. The lowest BCUT2D eigenvalue weighted by Gasteiger charge is -2.18. The molecule has 1 rings (SSSR count). The molecule has 1 atom stereocenters. The highest BCUT2D eigenvalue weighted by atomic mass is 35.5. The molecule has 1 unspecified atom stereocenters. The summed E-state index contributed by atoms with van der Waals surface area (Å²) in [5.41, 5.74) is 7.72. The number of carbonyl (C=O) groups is 1. The number of nitrogen functional groups attached to an aromatic ring is 1. The third kappa shape index (κ3) is 7.96. The molecule has 4 heteroatoms. The molecule has 0 aromatic heterocycles. The van der Waals surface area contributed by atoms with Crippen LogP contribution in [0.2, 0.25) is 0 Å². The zero-order valence-electron chi connectivity index (χ0n) is 13.2. The standard InChI is InChI=1S/C17H28N2O.ClH/c1-3-5-10-15(8-4-2)19-17(20)13-12-14-9-6-7-11-16(14)18;/h6-7,9,11,15H,3-5,8,10,12-13,18H2,1-2H3,(H,19,20);1H. The van der Waals surface area contributed by atoms with E-state index in [0.717, 1.165) is 30.5 Å². The summed E-state index contributed by atoms with van der Waals surface area (Å²) in [5, 5.41) is 3.16. The summed E-state index contributed by atoms with van der Waals surface area (Å²) in [6.07, 6.45) is 6.85. The van der Waals surface area contributed by atoms with Gasteiger partial charge >= 0.3 is 0 Å². The number of carbonyl (C=O) groups excluding carboxylic acids is 1. The average Bonchev–Trinajstić information content (AvgIpc) is 2.44. The van der Waals surface area contributed by atoms with E-state index < -0.39 is 0 Å². The predicted molar refractivity (Wildman–Crippen MR) is 92.8 cm³/mol. The summed E-state index contributed by atoms with van der Waals surface area (Å²) in [4.78, 5) is 12.0. The smallest absolute Gasteiger partial charge is 0.220 e. The van der Waals surface area contributed by atoms with Crippen molar-refractivity contribution in [2.75, 3.05) is 5.73 Å². The van der Waals surface area contributed by atoms with E-state index in [1.165, 1.54) is 12.8 Å². The van der Waals surface area contributed by atoms with E-state index in [9.17, 15) is 4.79 Å². The Morgan fingerprint density at radius 1 is 1.19 bits per heavy atom. The lowest BCUT2D eigenvalue weighted by Crippen LogP contribution is -2.34. The van der Waals surface area contributed by atoms with Gasteiger partial charge < -0.3 is 11.1 Å². The van der Waals surface area contributed by atoms with Crippen LogP contribution < -0.4 is 11.1 Å². The van der Waals surface area contributed by atoms with Gasteiger partial charge in [-0.1, -0.05) is 51.3 Å². The molecule has 1 aromatic rings. The van der Waals surface area contributed by atoms with Gasteiger partial charge in [-0.15, -0.1) is 12.4 Å². The molecule has 0 aliphatic carbocycles. The first-order valence-corrected chi connectivity index (χ1v) is 7.80. The molecule has 3 N–H and O–H groups in total. The Morgan fingerprint density at radius 2 is 1.90 bits per heavy atom. The number of hydrogen-bond acceptors (Lipinski definition) is 2. The Kier molecular flexibility index (Phi) is 10.8. The van der Waals surface area contributed by atoms with Crippen molar-refractivity contribution in [3.05, 3.63) is 29.8 Å². The minimum Gasteiger partial charge on any atom is -0.399 e. The van der Waals surface area contributed by atoms with E-state index in [1.54, 1.807) is 0 Å². The first kappa shape index (κ1) is 19.8. The van der Waals surface area contributed by atoms with E-state index in [-0.39, 0.29) is 18.3 Å². The van der Waals surface area contributed by atoms with E-state index in [0.29, 0.717) is 18.9 Å². The van der Waals surface area contributed by atoms with Crippen molar-refractivity contribution in [3.63, 3.8) is 0 Å². The minimum atomic E-state index is 0. The number of benzene rings is 1. The highest BCUT2D eigenvalue weighted by Gasteiger charge is 2.11. The van der Waals surface area contributed by atoms with Crippen LogP contribution in [0.4, 0.5) is 5.69 Å². The zero-order valence-corrected chi connectivity index (χ0v) is 14.0. The number of nitrogens with one attached hydrogen (secondary N) is 1. The highest BCUT2D eigenvalue weighted by molar-refractivity contribution is 5.85. The number of para-hydroxylation sites is 1. The molecule has 0 saturated carbocycles. The van der Waals surface area contributed by atoms with Gasteiger partial charge in [0.15, 0.2) is 0 Å². The van der Waals surface area contributed by atoms with Crippen LogP contribution in [0.1, 0.15) is 57.9 Å². The predicted octanol–water partition coefficient (Wildman–Crippen LogP) is 4.10. The third-order valence-electron chi connectivity index (χ3n) is 3.58. The Hall–Kier alpha value is -1.22. The summed E-state index contributed by atoms with van der Waals surface area (Å²) in [6, 6.07) is 8.09. The maximum Gasteiger partial charge on any atom is 0.220 e. The molecule has 0 aliphatic heterocycles. The number of anilines is 1. The molecular formula is C17H29ClN2O. The van der Waals surface area contributed by atoms with Crippen LogP contribution in [0.15, 0.2) is 24.3 Å². The number of rotatable bonds is 9. The topological polar surface area (TPSA) is 55.1 Å². The Bertz CT molecular complexity index is 410. The minimum absolute atomic E-state index is 0. The summed E-state index contributed by atoms with van der Waals surface area (Å²) in [5.74, 6) is 0.141. The quantitative estimate of drug-likeness (QED) is 0.674. The first-order valence-electron chi connectivity index (χ1n) is 7.80. The molecule has 21 heavy (non-hydrogen) atoms. The van der Waals surface area contributed by atoms with Crippen molar-refractivity contribution in [2.24, 2.45) is 0 Å². The maximum absolute atomic E-state index is 12.0. The Labute approximate surface area is 135 Å². The largest absolute Gasteiger partial charge is 0.399 e. The van der Waals surface area contributed by atoms with Crippen LogP contribution in [-0.4, -0.2) is 11.9 Å². The Morgan fingerprint density at radius 3 is 2.52 bits per heavy atom. The highest BCUT2D eigenvalue weighted by Crippen LogP contribution is 2.13. The third-order valence-corrected chi connectivity index (χ3v) is 3.58. The van der Waals surface area contributed by atoms with Gasteiger partial charge in [-0.2, -0.15) is 0 Å². The van der Waals surface area contributed by atoms with Crippen molar-refractivity contribution in [2.45, 2.75) is 64.8 Å². The van der Waals surface area contributed by atoms with Crippen LogP contribution in [0.25, 0.3) is 0 Å². The number of hydrogen-bond donors (Lipinski definition) is 2. The van der Waals surface area contributed by atoms with Gasteiger partial charge in [0.05, 0.1) is 0 Å². The molecule has 120 valence electrons. The second kappa shape index (κ2) is 11.4. The number of nitrogens with two attached hydrogens (primary N) is 1. The second-order valence-corrected chi connectivity index (χ2v) is 5.39. The van der Waals surface area contributed by atoms with E-state index in [2.05, 4.69) is 19.2 Å². The molecule has 3 nitrogen and oxygen atoms in total. The molecule has 1 aromatic carbocycles. The van der Waals surface area contributed by atoms with Crippen molar-refractivity contribution < 1.29 is 4.79 Å². The van der Waals surface area contributed by atoms with Gasteiger partial charge in [0.25, 0.3) is 0 Å². The Balaban J connectivity index is 0.00000400. The average molecular weight is 313 g/mol. The summed E-state index contributed by atoms with van der Waals surface area (Å²) in [6.45, 7) is 4.35. The molecule has 0 fully saturated rings. The lowest BCUT2D eigenvalue weighted by molar-refractivity contribution is -0.121. The molecule has 0 heterocycles. The van der Waals surface area contributed by atoms with E-state index in [4.69, 9.17) is 5.73 Å². The zero-order chi connectivity index (χ0) is 14.8. The lowest BCUT2D eigenvalue weighted by atomic mass is 10.0. The summed E-state index contributed by atoms with van der Waals surface area (Å²) < 4.78 is 0. The van der Waals surface area contributed by atoms with Gasteiger partial charge in [-0.3, -0.25) is 4.79 Å². The molecular weight excluding hydrogens is 284 g/mol. The maximum atomic E-state index is 12.0.